The van der Waals surface area contributed by atoms with Gasteiger partial charge in [0.1, 0.15) is 13.2 Å². The van der Waals surface area contributed by atoms with E-state index < -0.39 is 33.2 Å². The van der Waals surface area contributed by atoms with Crippen molar-refractivity contribution in [3.63, 3.8) is 0 Å². The minimum Gasteiger partial charge on any atom is -0.460 e. The lowest BCUT2D eigenvalue weighted by molar-refractivity contribution is -0.139. The largest absolute Gasteiger partial charge is 0.460 e. The first-order chi connectivity index (χ1) is 8.59. The molecule has 0 saturated heterocycles. The molecule has 0 aliphatic carbocycles. The van der Waals surface area contributed by atoms with Crippen LogP contribution >= 0.6 is 0 Å². The first-order valence-corrected chi connectivity index (χ1v) is 7.81. The summed E-state index contributed by atoms with van der Waals surface area (Å²) in [5.74, 6) is -0.712. The Balaban J connectivity index is 4.19. The summed E-state index contributed by atoms with van der Waals surface area (Å²) in [6.45, 7) is 4.93. The zero-order valence-electron chi connectivity index (χ0n) is 10.4. The molecule has 0 fully saturated rings. The van der Waals surface area contributed by atoms with Gasteiger partial charge in [0.05, 0.1) is 6.61 Å². The Morgan fingerprint density at radius 3 is 2.11 bits per heavy atom. The maximum absolute atomic E-state index is 11.1. The van der Waals surface area contributed by atoms with E-state index >= 15 is 0 Å². The molecule has 0 heterocycles. The summed E-state index contributed by atoms with van der Waals surface area (Å²) in [6, 6.07) is 0. The van der Waals surface area contributed by atoms with E-state index in [2.05, 4.69) is 19.7 Å². The molecule has 0 bridgehead atoms. The van der Waals surface area contributed by atoms with Gasteiger partial charge >= 0.3 is 26.6 Å². The lowest BCUT2D eigenvalue weighted by Gasteiger charge is -2.07. The highest BCUT2D eigenvalue weighted by Crippen LogP contribution is 1.96. The smallest absolute Gasteiger partial charge is 0.351 e. The highest BCUT2D eigenvalue weighted by molar-refractivity contribution is 8.00. The molecule has 19 heavy (non-hydrogen) atoms. The van der Waals surface area contributed by atoms with Gasteiger partial charge in [-0.25, -0.2) is 4.79 Å². The molecule has 112 valence electrons. The minimum absolute atomic E-state index is 0.139. The Bertz CT molecular complexity index is 521. The fraction of sp³-hybridized carbons (Fsp3) is 0.625. The average Bonchev–Trinajstić information content (AvgIpc) is 2.21. The molecular formula is C8H15NO8S2. The van der Waals surface area contributed by atoms with Gasteiger partial charge in [-0.3, -0.25) is 8.37 Å². The molecule has 0 amide bonds. The Hall–Kier alpha value is -1.01. The number of esters is 1. The predicted molar refractivity (Wildman–Crippen MR) is 64.3 cm³/mol. The first kappa shape index (κ1) is 18.0. The Morgan fingerprint density at radius 1 is 1.11 bits per heavy atom. The monoisotopic (exact) mass is 317 g/mol. The van der Waals surface area contributed by atoms with Crippen LogP contribution < -0.4 is 4.13 Å². The summed E-state index contributed by atoms with van der Waals surface area (Å²) < 4.78 is 58.4. The van der Waals surface area contributed by atoms with Crippen LogP contribution in [0.2, 0.25) is 0 Å². The van der Waals surface area contributed by atoms with Crippen molar-refractivity contribution in [1.82, 2.24) is 4.13 Å². The van der Waals surface area contributed by atoms with Crippen LogP contribution in [0.3, 0.4) is 0 Å². The second-order valence-corrected chi connectivity index (χ2v) is 6.09. The Kier molecular flexibility index (Phi) is 7.15. The molecule has 0 saturated carbocycles. The third-order valence-corrected chi connectivity index (χ3v) is 4.04. The summed E-state index contributed by atoms with van der Waals surface area (Å²) in [5, 5.41) is 0. The standard InChI is InChI=1S/C8H15NO8S2/c1-4-16-18(11,12)9-19(13,14)17-6-5-15-8(10)7(2)3/h9H,2,4-6H2,1,3H3. The Morgan fingerprint density at radius 2 is 1.63 bits per heavy atom. The maximum atomic E-state index is 11.1. The van der Waals surface area contributed by atoms with E-state index in [1.54, 1.807) is 0 Å². The van der Waals surface area contributed by atoms with E-state index in [0.29, 0.717) is 0 Å². The van der Waals surface area contributed by atoms with Crippen LogP contribution in [0, 0.1) is 0 Å². The van der Waals surface area contributed by atoms with Gasteiger partial charge in [-0.05, 0) is 13.8 Å². The SMILES string of the molecule is C=C(C)C(=O)OCCOS(=O)(=O)NS(=O)(=O)OCC. The van der Waals surface area contributed by atoms with Crippen LogP contribution in [0.25, 0.3) is 0 Å². The molecular weight excluding hydrogens is 302 g/mol. The van der Waals surface area contributed by atoms with Gasteiger partial charge in [0, 0.05) is 5.57 Å². The van der Waals surface area contributed by atoms with Crippen molar-refractivity contribution in [3.8, 4) is 0 Å². The van der Waals surface area contributed by atoms with Crippen LogP contribution in [0.15, 0.2) is 12.2 Å². The minimum atomic E-state index is -4.56. The quantitative estimate of drug-likeness (QED) is 0.334. The second-order valence-electron chi connectivity index (χ2n) is 3.14. The van der Waals surface area contributed by atoms with Crippen LogP contribution in [-0.4, -0.2) is 42.6 Å². The van der Waals surface area contributed by atoms with E-state index in [4.69, 9.17) is 0 Å². The van der Waals surface area contributed by atoms with Gasteiger partial charge < -0.3 is 4.74 Å². The lowest BCUT2D eigenvalue weighted by atomic mass is 10.4. The lowest BCUT2D eigenvalue weighted by Crippen LogP contribution is -2.34. The van der Waals surface area contributed by atoms with Crippen molar-refractivity contribution in [2.75, 3.05) is 19.8 Å². The van der Waals surface area contributed by atoms with E-state index in [1.807, 2.05) is 0 Å². The van der Waals surface area contributed by atoms with Gasteiger partial charge in [0.25, 0.3) is 0 Å². The summed E-state index contributed by atoms with van der Waals surface area (Å²) >= 11 is 0. The number of ether oxygens (including phenoxy) is 1. The van der Waals surface area contributed by atoms with Crippen LogP contribution in [-0.2, 0) is 38.5 Å². The van der Waals surface area contributed by atoms with Gasteiger partial charge in [-0.1, -0.05) is 10.7 Å². The molecule has 9 nitrogen and oxygen atoms in total. The summed E-state index contributed by atoms with van der Waals surface area (Å²) in [4.78, 5) is 10.9. The van der Waals surface area contributed by atoms with E-state index in [-0.39, 0.29) is 18.8 Å². The molecule has 11 heteroatoms. The normalized spacial score (nSPS) is 12.1. The average molecular weight is 317 g/mol. The van der Waals surface area contributed by atoms with E-state index in [0.717, 1.165) is 0 Å². The summed E-state index contributed by atoms with van der Waals surface area (Å²) in [7, 11) is -9.00. The summed E-state index contributed by atoms with van der Waals surface area (Å²) in [6.07, 6.45) is 0. The van der Waals surface area contributed by atoms with Gasteiger partial charge in [-0.15, -0.1) is 0 Å². The number of carbonyl (C=O) groups is 1. The number of carbonyl (C=O) groups excluding carboxylic acids is 1. The third kappa shape index (κ3) is 8.67. The molecule has 0 aromatic rings. The van der Waals surface area contributed by atoms with Gasteiger partial charge in [0.2, 0.25) is 0 Å². The predicted octanol–water partition coefficient (Wildman–Crippen LogP) is -0.762. The Labute approximate surface area is 112 Å². The van der Waals surface area contributed by atoms with Crippen molar-refractivity contribution in [1.29, 1.82) is 0 Å². The molecule has 0 aromatic heterocycles. The number of rotatable bonds is 9. The highest BCUT2D eigenvalue weighted by atomic mass is 32.3. The molecule has 1 N–H and O–H groups in total. The van der Waals surface area contributed by atoms with Crippen LogP contribution in [0.4, 0.5) is 0 Å². The molecule has 0 aliphatic heterocycles. The van der Waals surface area contributed by atoms with Crippen molar-refractivity contribution < 1.29 is 34.7 Å². The third-order valence-electron chi connectivity index (χ3n) is 1.38. The van der Waals surface area contributed by atoms with E-state index in [9.17, 15) is 21.6 Å². The molecule has 0 rings (SSSR count). The number of hydrogen-bond acceptors (Lipinski definition) is 8. The molecule has 0 radical (unpaired) electrons. The van der Waals surface area contributed by atoms with Gasteiger partial charge in [0.15, 0.2) is 0 Å². The summed E-state index contributed by atoms with van der Waals surface area (Å²) in [5.41, 5.74) is 0.139. The number of hydrogen-bond donors (Lipinski definition) is 1. The highest BCUT2D eigenvalue weighted by Gasteiger charge is 2.21. The van der Waals surface area contributed by atoms with Gasteiger partial charge in [-0.2, -0.15) is 16.8 Å². The molecule has 0 spiro atoms. The fourth-order valence-electron chi connectivity index (χ4n) is 0.730. The van der Waals surface area contributed by atoms with E-state index in [1.165, 1.54) is 18.0 Å². The topological polar surface area (TPSA) is 125 Å². The molecule has 0 aliphatic rings. The second kappa shape index (κ2) is 7.55. The van der Waals surface area contributed by atoms with Crippen molar-refractivity contribution in [3.05, 3.63) is 12.2 Å². The molecule has 0 aromatic carbocycles. The first-order valence-electron chi connectivity index (χ1n) is 4.99. The van der Waals surface area contributed by atoms with Crippen molar-refractivity contribution in [2.24, 2.45) is 0 Å². The molecule has 0 atom stereocenters. The van der Waals surface area contributed by atoms with Crippen LogP contribution in [0.1, 0.15) is 13.8 Å². The number of nitrogens with one attached hydrogen (secondary N) is 1. The maximum Gasteiger partial charge on any atom is 0.351 e. The van der Waals surface area contributed by atoms with Crippen molar-refractivity contribution >= 4 is 26.6 Å². The zero-order valence-corrected chi connectivity index (χ0v) is 12.0. The molecule has 0 unspecified atom stereocenters. The zero-order chi connectivity index (χ0) is 15.1. The van der Waals surface area contributed by atoms with Crippen LogP contribution in [0.5, 0.6) is 0 Å². The van der Waals surface area contributed by atoms with Crippen molar-refractivity contribution in [2.45, 2.75) is 13.8 Å². The fourth-order valence-corrected chi connectivity index (χ4v) is 2.71.